The van der Waals surface area contributed by atoms with Crippen molar-refractivity contribution in [2.75, 3.05) is 5.32 Å². The molecule has 0 unspecified atom stereocenters. The van der Waals surface area contributed by atoms with E-state index in [1.807, 2.05) is 19.1 Å². The van der Waals surface area contributed by atoms with Crippen molar-refractivity contribution < 1.29 is 4.39 Å². The van der Waals surface area contributed by atoms with Crippen molar-refractivity contribution in [1.82, 2.24) is 0 Å². The minimum absolute atomic E-state index is 0.0621. The molecule has 0 spiro atoms. The van der Waals surface area contributed by atoms with Crippen molar-refractivity contribution in [3.63, 3.8) is 0 Å². The van der Waals surface area contributed by atoms with Crippen LogP contribution in [0.15, 0.2) is 36.4 Å². The molecule has 0 bridgehead atoms. The van der Waals surface area contributed by atoms with Gasteiger partial charge in [0.15, 0.2) is 0 Å². The molecule has 0 aromatic heterocycles. The maximum Gasteiger partial charge on any atom is 0.143 e. The topological polar surface area (TPSA) is 59.6 Å². The van der Waals surface area contributed by atoms with Crippen LogP contribution in [0.1, 0.15) is 16.7 Å². The second-order valence-electron chi connectivity index (χ2n) is 4.01. The second kappa shape index (κ2) is 5.20. The molecular weight excluding hydrogens is 241 g/mol. The van der Waals surface area contributed by atoms with E-state index in [4.69, 9.17) is 10.5 Å². The zero-order valence-electron chi connectivity index (χ0n) is 10.2. The Balaban J connectivity index is 2.50. The highest BCUT2D eigenvalue weighted by Gasteiger charge is 2.10. The van der Waals surface area contributed by atoms with Gasteiger partial charge in [0, 0.05) is 0 Å². The van der Waals surface area contributed by atoms with Crippen LogP contribution in [0.2, 0.25) is 0 Å². The number of hydrogen-bond donors (Lipinski definition) is 1. The first kappa shape index (κ1) is 12.6. The minimum atomic E-state index is -0.585. The average Bonchev–Trinajstić information content (AvgIpc) is 2.39. The number of aryl methyl sites for hydroxylation is 1. The summed E-state index contributed by atoms with van der Waals surface area (Å²) in [7, 11) is 0. The lowest BCUT2D eigenvalue weighted by Crippen LogP contribution is -1.99. The number of nitrogens with zero attached hydrogens (tertiary/aromatic N) is 2. The molecule has 1 N–H and O–H groups in total. The third-order valence-electron chi connectivity index (χ3n) is 2.78. The van der Waals surface area contributed by atoms with Gasteiger partial charge in [0.05, 0.1) is 16.9 Å². The largest absolute Gasteiger partial charge is 0.353 e. The highest BCUT2D eigenvalue weighted by molar-refractivity contribution is 5.72. The first-order valence-electron chi connectivity index (χ1n) is 5.62. The van der Waals surface area contributed by atoms with Crippen LogP contribution in [0.25, 0.3) is 0 Å². The molecule has 2 rings (SSSR count). The Morgan fingerprint density at radius 2 is 1.53 bits per heavy atom. The van der Waals surface area contributed by atoms with Gasteiger partial charge < -0.3 is 5.32 Å². The second-order valence-corrected chi connectivity index (χ2v) is 4.01. The SMILES string of the molecule is Cc1cccc(Nc2cccc(F)c2C#N)c1C#N. The third kappa shape index (κ3) is 2.38. The fourth-order valence-corrected chi connectivity index (χ4v) is 1.81. The molecule has 3 nitrogen and oxygen atoms in total. The molecule has 2 aromatic rings. The molecule has 0 aliphatic heterocycles. The third-order valence-corrected chi connectivity index (χ3v) is 2.78. The summed E-state index contributed by atoms with van der Waals surface area (Å²) < 4.78 is 13.5. The lowest BCUT2D eigenvalue weighted by molar-refractivity contribution is 0.624. The molecule has 0 amide bonds. The van der Waals surface area contributed by atoms with E-state index in [2.05, 4.69) is 11.4 Å². The summed E-state index contributed by atoms with van der Waals surface area (Å²) in [5, 5.41) is 21.0. The first-order valence-corrected chi connectivity index (χ1v) is 5.62. The Hall–Kier alpha value is -2.85. The monoisotopic (exact) mass is 251 g/mol. The number of nitrogens with one attached hydrogen (secondary N) is 1. The number of halogens is 1. The molecule has 0 aliphatic carbocycles. The predicted octanol–water partition coefficient (Wildman–Crippen LogP) is 3.62. The van der Waals surface area contributed by atoms with Gasteiger partial charge in [-0.1, -0.05) is 18.2 Å². The Kier molecular flexibility index (Phi) is 3.45. The van der Waals surface area contributed by atoms with Crippen molar-refractivity contribution >= 4 is 11.4 Å². The van der Waals surface area contributed by atoms with E-state index >= 15 is 0 Å². The van der Waals surface area contributed by atoms with Crippen LogP contribution in [0.3, 0.4) is 0 Å². The van der Waals surface area contributed by atoms with Gasteiger partial charge in [0.1, 0.15) is 23.5 Å². The van der Waals surface area contributed by atoms with Crippen LogP contribution in [0.4, 0.5) is 15.8 Å². The summed E-state index contributed by atoms with van der Waals surface area (Å²) in [5.74, 6) is -0.585. The van der Waals surface area contributed by atoms with Crippen LogP contribution < -0.4 is 5.32 Å². The molecule has 19 heavy (non-hydrogen) atoms. The number of anilines is 2. The summed E-state index contributed by atoms with van der Waals surface area (Å²) in [5.41, 5.74) is 2.15. The fraction of sp³-hybridized carbons (Fsp3) is 0.0667. The quantitative estimate of drug-likeness (QED) is 0.886. The smallest absolute Gasteiger partial charge is 0.143 e. The lowest BCUT2D eigenvalue weighted by Gasteiger charge is -2.11. The van der Waals surface area contributed by atoms with E-state index in [9.17, 15) is 4.39 Å². The molecule has 0 saturated carbocycles. The van der Waals surface area contributed by atoms with Crippen LogP contribution >= 0.6 is 0 Å². The van der Waals surface area contributed by atoms with Crippen molar-refractivity contribution in [3.8, 4) is 12.1 Å². The summed E-state index contributed by atoms with van der Waals surface area (Å²) in [6, 6.07) is 13.6. The predicted molar refractivity (Wildman–Crippen MR) is 70.3 cm³/mol. The number of nitriles is 2. The van der Waals surface area contributed by atoms with Crippen LogP contribution in [0, 0.1) is 35.4 Å². The van der Waals surface area contributed by atoms with Gasteiger partial charge in [-0.15, -0.1) is 0 Å². The van der Waals surface area contributed by atoms with Crippen molar-refractivity contribution in [1.29, 1.82) is 10.5 Å². The first-order chi connectivity index (χ1) is 9.17. The molecule has 0 saturated heterocycles. The van der Waals surface area contributed by atoms with Crippen LogP contribution in [0.5, 0.6) is 0 Å². The van der Waals surface area contributed by atoms with E-state index in [-0.39, 0.29) is 5.56 Å². The van der Waals surface area contributed by atoms with E-state index in [1.165, 1.54) is 12.1 Å². The Labute approximate surface area is 110 Å². The molecule has 0 radical (unpaired) electrons. The van der Waals surface area contributed by atoms with Crippen molar-refractivity contribution in [3.05, 3.63) is 58.9 Å². The van der Waals surface area contributed by atoms with Gasteiger partial charge in [-0.05, 0) is 30.7 Å². The summed E-state index contributed by atoms with van der Waals surface area (Å²) in [6.45, 7) is 1.82. The van der Waals surface area contributed by atoms with Crippen molar-refractivity contribution in [2.24, 2.45) is 0 Å². The fourth-order valence-electron chi connectivity index (χ4n) is 1.81. The zero-order chi connectivity index (χ0) is 13.8. The van der Waals surface area contributed by atoms with Crippen LogP contribution in [-0.4, -0.2) is 0 Å². The minimum Gasteiger partial charge on any atom is -0.353 e. The summed E-state index contributed by atoms with van der Waals surface area (Å²) >= 11 is 0. The van der Waals surface area contributed by atoms with E-state index in [0.717, 1.165) is 5.56 Å². The van der Waals surface area contributed by atoms with Crippen LogP contribution in [-0.2, 0) is 0 Å². The number of benzene rings is 2. The maximum atomic E-state index is 13.5. The molecule has 0 fully saturated rings. The van der Waals surface area contributed by atoms with Gasteiger partial charge in [-0.25, -0.2) is 4.39 Å². The molecule has 0 atom stereocenters. The Bertz CT molecular complexity index is 647. The Morgan fingerprint density at radius 3 is 2.16 bits per heavy atom. The normalized spacial score (nSPS) is 9.47. The number of rotatable bonds is 2. The summed E-state index contributed by atoms with van der Waals surface area (Å²) in [4.78, 5) is 0. The zero-order valence-corrected chi connectivity index (χ0v) is 10.2. The molecule has 92 valence electrons. The molecule has 2 aromatic carbocycles. The van der Waals surface area contributed by atoms with E-state index in [1.54, 1.807) is 18.2 Å². The van der Waals surface area contributed by atoms with Gasteiger partial charge >= 0.3 is 0 Å². The molecule has 0 heterocycles. The van der Waals surface area contributed by atoms with Crippen molar-refractivity contribution in [2.45, 2.75) is 6.92 Å². The van der Waals surface area contributed by atoms with Gasteiger partial charge in [-0.2, -0.15) is 10.5 Å². The molecule has 0 aliphatic rings. The maximum absolute atomic E-state index is 13.5. The number of hydrogen-bond acceptors (Lipinski definition) is 3. The summed E-state index contributed by atoms with van der Waals surface area (Å²) in [6.07, 6.45) is 0. The molecular formula is C15H10FN3. The van der Waals surface area contributed by atoms with E-state index in [0.29, 0.717) is 16.9 Å². The van der Waals surface area contributed by atoms with Gasteiger partial charge in [0.2, 0.25) is 0 Å². The average molecular weight is 251 g/mol. The lowest BCUT2D eigenvalue weighted by atomic mass is 10.1. The van der Waals surface area contributed by atoms with E-state index < -0.39 is 5.82 Å². The van der Waals surface area contributed by atoms with Gasteiger partial charge in [-0.3, -0.25) is 0 Å². The molecule has 4 heteroatoms. The Morgan fingerprint density at radius 1 is 0.947 bits per heavy atom. The van der Waals surface area contributed by atoms with Gasteiger partial charge in [0.25, 0.3) is 0 Å². The standard InChI is InChI=1S/C15H10FN3/c1-10-4-2-6-14(11(10)8-17)19-15-7-3-5-13(16)12(15)9-18/h2-7,19H,1H3. The highest BCUT2D eigenvalue weighted by Crippen LogP contribution is 2.26. The highest BCUT2D eigenvalue weighted by atomic mass is 19.1.